The summed E-state index contributed by atoms with van der Waals surface area (Å²) in [6, 6.07) is 74.7. The van der Waals surface area contributed by atoms with Crippen molar-refractivity contribution in [2.75, 3.05) is 0 Å². The molecule has 1 aromatic heterocycles. The molecule has 0 unspecified atom stereocenters. The molecule has 0 N–H and O–H groups in total. The summed E-state index contributed by atoms with van der Waals surface area (Å²) in [4.78, 5) is 15.4. The van der Waals surface area contributed by atoms with Gasteiger partial charge in [0.2, 0.25) is 0 Å². The van der Waals surface area contributed by atoms with Crippen LogP contribution in [0.2, 0.25) is 0 Å². The largest absolute Gasteiger partial charge is 0.449 e. The summed E-state index contributed by atoms with van der Waals surface area (Å²) in [6.07, 6.45) is 0. The van der Waals surface area contributed by atoms with Gasteiger partial charge < -0.3 is 9.47 Å². The number of benzene rings is 9. The summed E-state index contributed by atoms with van der Waals surface area (Å²) in [7, 11) is 0. The molecule has 5 heteroatoms. The number of hydrogen-bond donors (Lipinski definition) is 0. The van der Waals surface area contributed by atoms with Gasteiger partial charge in [-0.25, -0.2) is 15.0 Å². The summed E-state index contributed by atoms with van der Waals surface area (Å²) >= 11 is 0. The van der Waals surface area contributed by atoms with E-state index >= 15 is 0 Å². The minimum absolute atomic E-state index is 0.153. The second-order valence-electron chi connectivity index (χ2n) is 17.9. The summed E-state index contributed by atoms with van der Waals surface area (Å²) in [6.45, 7) is 4.59. The van der Waals surface area contributed by atoms with Crippen molar-refractivity contribution in [2.45, 2.75) is 24.7 Å². The zero-order valence-electron chi connectivity index (χ0n) is 36.4. The average Bonchev–Trinajstić information content (AvgIpc) is 3.82. The van der Waals surface area contributed by atoms with Gasteiger partial charge in [-0.3, -0.25) is 0 Å². The van der Waals surface area contributed by atoms with Crippen LogP contribution in [0.1, 0.15) is 47.2 Å². The fourth-order valence-corrected chi connectivity index (χ4v) is 10.8. The molecule has 13 rings (SSSR count). The summed E-state index contributed by atoms with van der Waals surface area (Å²) in [5.41, 5.74) is 16.2. The van der Waals surface area contributed by atoms with Crippen LogP contribution in [-0.4, -0.2) is 15.0 Å². The van der Waals surface area contributed by atoms with Crippen LogP contribution < -0.4 is 9.47 Å². The average molecular weight is 848 g/mol. The molecular weight excluding hydrogens is 807 g/mol. The molecule has 5 nitrogen and oxygen atoms in total. The molecule has 312 valence electrons. The van der Waals surface area contributed by atoms with Gasteiger partial charge in [0.05, 0.1) is 5.41 Å². The summed E-state index contributed by atoms with van der Waals surface area (Å²) in [5, 5.41) is 0. The van der Waals surface area contributed by atoms with Crippen LogP contribution in [0.25, 0.3) is 67.5 Å². The molecule has 0 saturated heterocycles. The van der Waals surface area contributed by atoms with Gasteiger partial charge in [0, 0.05) is 27.7 Å². The first kappa shape index (κ1) is 38.1. The zero-order chi connectivity index (χ0) is 44.0. The highest BCUT2D eigenvalue weighted by molar-refractivity contribution is 5.92. The number of nitrogens with zero attached hydrogens (tertiary/aromatic N) is 3. The molecule has 0 fully saturated rings. The summed E-state index contributed by atoms with van der Waals surface area (Å²) < 4.78 is 13.8. The molecule has 0 saturated carbocycles. The highest BCUT2D eigenvalue weighted by Gasteiger charge is 2.48. The first-order chi connectivity index (χ1) is 32.4. The maximum Gasteiger partial charge on any atom is 0.178 e. The smallest absolute Gasteiger partial charge is 0.178 e. The molecule has 0 spiro atoms. The summed E-state index contributed by atoms with van der Waals surface area (Å²) in [5.74, 6) is 4.60. The van der Waals surface area contributed by atoms with Gasteiger partial charge in [0.1, 0.15) is 0 Å². The Morgan fingerprint density at radius 3 is 1.59 bits per heavy atom. The third kappa shape index (κ3) is 5.69. The topological polar surface area (TPSA) is 57.1 Å². The Bertz CT molecular complexity index is 3530. The van der Waals surface area contributed by atoms with Crippen LogP contribution in [0.15, 0.2) is 212 Å². The molecule has 2 heterocycles. The Kier molecular flexibility index (Phi) is 8.40. The first-order valence-electron chi connectivity index (χ1n) is 22.5. The second-order valence-corrected chi connectivity index (χ2v) is 17.9. The molecule has 0 amide bonds. The van der Waals surface area contributed by atoms with E-state index < -0.39 is 5.41 Å². The Hall–Kier alpha value is -8.41. The van der Waals surface area contributed by atoms with Crippen LogP contribution in [0.3, 0.4) is 0 Å². The van der Waals surface area contributed by atoms with E-state index in [4.69, 9.17) is 24.4 Å². The van der Waals surface area contributed by atoms with Gasteiger partial charge in [-0.15, -0.1) is 0 Å². The first-order valence-corrected chi connectivity index (χ1v) is 22.5. The van der Waals surface area contributed by atoms with Gasteiger partial charge in [-0.05, 0) is 91.5 Å². The standard InChI is InChI=1S/C61H41N3O2/c1-60(2)48-27-14-12-25-45(48)46-31-29-42(36-51(46)60)59-63-57(38-17-6-3-7-18-38)62-58(64-59)41-20-16-19-39(35-41)40-30-33-52-54(37-40)66-56-53(65-52)34-32-50-55(56)47-26-13-15-28-49(47)61(50,43-21-8-4-9-22-43)44-23-10-5-11-24-44/h3-37H,1-2H3. The normalized spacial score (nSPS) is 14.1. The van der Waals surface area contributed by atoms with Crippen molar-refractivity contribution in [1.29, 1.82) is 0 Å². The maximum absolute atomic E-state index is 7.06. The lowest BCUT2D eigenvalue weighted by Crippen LogP contribution is -2.28. The molecule has 10 aromatic rings. The van der Waals surface area contributed by atoms with Gasteiger partial charge in [-0.2, -0.15) is 0 Å². The molecule has 9 aromatic carbocycles. The predicted octanol–water partition coefficient (Wildman–Crippen LogP) is 15.1. The monoisotopic (exact) mass is 847 g/mol. The van der Waals surface area contributed by atoms with Gasteiger partial charge in [0.15, 0.2) is 40.5 Å². The van der Waals surface area contributed by atoms with Gasteiger partial charge >= 0.3 is 0 Å². The molecule has 0 radical (unpaired) electrons. The lowest BCUT2D eigenvalue weighted by Gasteiger charge is -2.34. The Morgan fingerprint density at radius 2 is 0.864 bits per heavy atom. The highest BCUT2D eigenvalue weighted by atomic mass is 16.6. The van der Waals surface area contributed by atoms with E-state index in [-0.39, 0.29) is 5.41 Å². The van der Waals surface area contributed by atoms with Crippen molar-refractivity contribution in [2.24, 2.45) is 0 Å². The van der Waals surface area contributed by atoms with E-state index in [2.05, 4.69) is 190 Å². The van der Waals surface area contributed by atoms with Crippen molar-refractivity contribution < 1.29 is 9.47 Å². The quantitative estimate of drug-likeness (QED) is 0.167. The molecule has 1 aliphatic heterocycles. The fraction of sp³-hybridized carbons (Fsp3) is 0.0656. The predicted molar refractivity (Wildman–Crippen MR) is 263 cm³/mol. The number of ether oxygens (including phenoxy) is 2. The third-order valence-electron chi connectivity index (χ3n) is 13.9. The van der Waals surface area contributed by atoms with Crippen molar-refractivity contribution >= 4 is 0 Å². The zero-order valence-corrected chi connectivity index (χ0v) is 36.4. The van der Waals surface area contributed by atoms with E-state index in [1.54, 1.807) is 0 Å². The molecule has 66 heavy (non-hydrogen) atoms. The highest BCUT2D eigenvalue weighted by Crippen LogP contribution is 2.62. The Labute approximate surface area is 383 Å². The fourth-order valence-electron chi connectivity index (χ4n) is 10.8. The third-order valence-corrected chi connectivity index (χ3v) is 13.9. The number of aromatic nitrogens is 3. The number of rotatable bonds is 6. The SMILES string of the molecule is CC1(C)c2ccccc2-c2ccc(-c3nc(-c4ccccc4)nc(-c4cccc(-c5ccc6c(c5)Oc5c(ccc7c5-c5ccccc5C7(c5ccccc5)c5ccccc5)O6)c4)n3)cc21. The Balaban J connectivity index is 0.897. The van der Waals surface area contributed by atoms with Crippen LogP contribution in [0.4, 0.5) is 0 Å². The number of hydrogen-bond acceptors (Lipinski definition) is 5. The van der Waals surface area contributed by atoms with E-state index in [1.807, 2.05) is 36.4 Å². The van der Waals surface area contributed by atoms with Crippen molar-refractivity contribution in [3.05, 3.63) is 246 Å². The van der Waals surface area contributed by atoms with Gasteiger partial charge in [-0.1, -0.05) is 196 Å². The molecule has 0 atom stereocenters. The maximum atomic E-state index is 7.06. The minimum atomic E-state index is -0.548. The second kappa shape index (κ2) is 14.6. The van der Waals surface area contributed by atoms with Crippen molar-refractivity contribution in [3.63, 3.8) is 0 Å². The number of fused-ring (bicyclic) bond motifs is 9. The Morgan fingerprint density at radius 1 is 0.333 bits per heavy atom. The van der Waals surface area contributed by atoms with E-state index in [1.165, 1.54) is 38.9 Å². The van der Waals surface area contributed by atoms with E-state index in [0.717, 1.165) is 50.3 Å². The van der Waals surface area contributed by atoms with Gasteiger partial charge in [0.25, 0.3) is 0 Å². The van der Waals surface area contributed by atoms with Crippen molar-refractivity contribution in [3.8, 4) is 90.5 Å². The van der Waals surface area contributed by atoms with Crippen LogP contribution in [0.5, 0.6) is 23.0 Å². The van der Waals surface area contributed by atoms with Crippen LogP contribution in [0, 0.1) is 0 Å². The molecular formula is C61H41N3O2. The van der Waals surface area contributed by atoms with Crippen LogP contribution in [-0.2, 0) is 10.8 Å². The molecule has 0 bridgehead atoms. The lowest BCUT2D eigenvalue weighted by atomic mass is 9.68. The minimum Gasteiger partial charge on any atom is -0.449 e. The van der Waals surface area contributed by atoms with Crippen LogP contribution >= 0.6 is 0 Å². The van der Waals surface area contributed by atoms with Crippen molar-refractivity contribution in [1.82, 2.24) is 15.0 Å². The lowest BCUT2D eigenvalue weighted by molar-refractivity contribution is 0.360. The van der Waals surface area contributed by atoms with E-state index in [0.29, 0.717) is 34.7 Å². The van der Waals surface area contributed by atoms with E-state index in [9.17, 15) is 0 Å². The molecule has 2 aliphatic carbocycles. The molecule has 3 aliphatic rings.